The van der Waals surface area contributed by atoms with Crippen molar-refractivity contribution in [1.82, 2.24) is 9.55 Å². The van der Waals surface area contributed by atoms with E-state index in [1.807, 2.05) is 0 Å². The predicted molar refractivity (Wildman–Crippen MR) is 102 cm³/mol. The van der Waals surface area contributed by atoms with Gasteiger partial charge in [-0.05, 0) is 10.4 Å². The summed E-state index contributed by atoms with van der Waals surface area (Å²) >= 11 is 0. The molecule has 0 spiro atoms. The van der Waals surface area contributed by atoms with E-state index in [0.29, 0.717) is 0 Å². The molecule has 0 saturated carbocycles. The molecule has 8 N–H and O–H groups in total. The molecule has 1 aliphatic rings. The Morgan fingerprint density at radius 2 is 2.06 bits per heavy atom. The Balaban J connectivity index is 2.19. The largest absolute Gasteiger partial charge is 0.708 e. The maximum absolute atomic E-state index is 12.1. The molecule has 174 valence electrons. The zero-order valence-corrected chi connectivity index (χ0v) is 18.2. The van der Waals surface area contributed by atoms with Gasteiger partial charge < -0.3 is 31.1 Å². The molecule has 19 heteroatoms. The lowest BCUT2D eigenvalue weighted by molar-refractivity contribution is -0.117. The highest BCUT2D eigenvalue weighted by Crippen LogP contribution is 2.62. The third kappa shape index (κ3) is 6.33. The molecule has 0 amide bonds. The van der Waals surface area contributed by atoms with Crippen LogP contribution < -0.4 is 17.2 Å². The first-order valence-electron chi connectivity index (χ1n) is 8.16. The number of nitrogen functional groups attached to an aromatic ring is 1. The van der Waals surface area contributed by atoms with Crippen molar-refractivity contribution < 1.29 is 51.4 Å². The minimum absolute atomic E-state index is 0.0523. The molecular formula is C12H20N4O12P3+. The average Bonchev–Trinajstić information content (AvgIpc) is 2.89. The summed E-state index contributed by atoms with van der Waals surface area (Å²) in [6, 6.07) is 1.31. The van der Waals surface area contributed by atoms with E-state index in [2.05, 4.69) is 20.2 Å². The van der Waals surface area contributed by atoms with Crippen molar-refractivity contribution in [3.8, 4) is 0 Å². The third-order valence-electron chi connectivity index (χ3n) is 4.13. The molecule has 1 aliphatic heterocycles. The van der Waals surface area contributed by atoms with Crippen LogP contribution in [0.4, 0.5) is 5.82 Å². The van der Waals surface area contributed by atoms with E-state index in [0.717, 1.165) is 4.57 Å². The molecule has 0 aliphatic carbocycles. The highest BCUT2D eigenvalue weighted by molar-refractivity contribution is 7.64. The van der Waals surface area contributed by atoms with Crippen LogP contribution in [0.2, 0.25) is 0 Å². The Kier molecular flexibility index (Phi) is 8.04. The predicted octanol–water partition coefficient (Wildman–Crippen LogP) is -0.885. The summed E-state index contributed by atoms with van der Waals surface area (Å²) in [7, 11) is -14.4. The molecule has 0 radical (unpaired) electrons. The average molecular weight is 505 g/mol. The smallest absolute Gasteiger partial charge is 0.389 e. The Morgan fingerprint density at radius 3 is 2.58 bits per heavy atom. The summed E-state index contributed by atoms with van der Waals surface area (Å²) in [5, 5.41) is 10.7. The topological polar surface area (TPSA) is 256 Å². The van der Waals surface area contributed by atoms with Gasteiger partial charge in [-0.2, -0.15) is 9.29 Å². The lowest BCUT2D eigenvalue weighted by Crippen LogP contribution is -2.51. The number of phosphoric acid groups is 2. The fourth-order valence-corrected chi connectivity index (χ4v) is 5.42. The maximum atomic E-state index is 12.1. The highest BCUT2D eigenvalue weighted by Gasteiger charge is 2.56. The molecule has 16 nitrogen and oxygen atoms in total. The van der Waals surface area contributed by atoms with E-state index in [4.69, 9.17) is 30.5 Å². The van der Waals surface area contributed by atoms with Crippen molar-refractivity contribution in [2.24, 2.45) is 11.7 Å². The van der Waals surface area contributed by atoms with Crippen LogP contribution in [0.25, 0.3) is 0 Å². The van der Waals surface area contributed by atoms with Crippen LogP contribution in [-0.2, 0) is 31.6 Å². The lowest BCUT2D eigenvalue weighted by atomic mass is 9.90. The number of aromatic nitrogens is 2. The van der Waals surface area contributed by atoms with E-state index in [-0.39, 0.29) is 5.82 Å². The Bertz CT molecular complexity index is 997. The summed E-state index contributed by atoms with van der Waals surface area (Å²) in [6.45, 7) is 2.35. The molecule has 0 bridgehead atoms. The molecule has 0 aromatic carbocycles. The van der Waals surface area contributed by atoms with Gasteiger partial charge in [0.2, 0.25) is 0 Å². The van der Waals surface area contributed by atoms with Crippen molar-refractivity contribution in [2.75, 3.05) is 18.9 Å². The van der Waals surface area contributed by atoms with Gasteiger partial charge in [0.15, 0.2) is 0 Å². The summed E-state index contributed by atoms with van der Waals surface area (Å²) < 4.78 is 52.9. The van der Waals surface area contributed by atoms with Crippen LogP contribution in [0.15, 0.2) is 29.7 Å². The van der Waals surface area contributed by atoms with Crippen LogP contribution >= 0.6 is 23.9 Å². The quantitative estimate of drug-likeness (QED) is 0.167. The van der Waals surface area contributed by atoms with Crippen molar-refractivity contribution in [2.45, 2.75) is 17.9 Å². The van der Waals surface area contributed by atoms with Crippen molar-refractivity contribution in [3.05, 3.63) is 35.4 Å². The normalized spacial score (nSPS) is 28.8. The minimum atomic E-state index is -5.45. The number of aliphatic hydroxyl groups excluding tert-OH is 1. The summed E-state index contributed by atoms with van der Waals surface area (Å²) in [5.74, 6) is -0.973. The van der Waals surface area contributed by atoms with Gasteiger partial charge in [-0.3, -0.25) is 9.46 Å². The number of nitrogens with zero attached hydrogens (tertiary/aromatic N) is 2. The lowest BCUT2D eigenvalue weighted by Gasteiger charge is -2.28. The molecule has 1 aromatic rings. The second-order valence-corrected chi connectivity index (χ2v) is 10.1. The van der Waals surface area contributed by atoms with E-state index in [1.165, 1.54) is 18.3 Å². The summed E-state index contributed by atoms with van der Waals surface area (Å²) in [4.78, 5) is 42.0. The molecule has 2 rings (SSSR count). The second-order valence-electron chi connectivity index (χ2n) is 6.20. The number of nitrogens with two attached hydrogens (primary N) is 2. The number of anilines is 1. The molecule has 6 atom stereocenters. The second kappa shape index (κ2) is 9.63. The number of aliphatic hydroxyl groups is 1. The Labute approximate surface area is 175 Å². The van der Waals surface area contributed by atoms with Gasteiger partial charge in [-0.15, -0.1) is 11.1 Å². The van der Waals surface area contributed by atoms with Gasteiger partial charge in [0.05, 0.1) is 12.0 Å². The number of ether oxygens (including phenoxy) is 1. The first-order valence-corrected chi connectivity index (χ1v) is 12.3. The first kappa shape index (κ1) is 25.9. The van der Waals surface area contributed by atoms with E-state index in [9.17, 15) is 28.5 Å². The first-order chi connectivity index (χ1) is 14.2. The fraction of sp³-hybridized carbons (Fsp3) is 0.500. The van der Waals surface area contributed by atoms with Crippen molar-refractivity contribution >= 4 is 29.7 Å². The molecule has 1 saturated heterocycles. The molecular weight excluding hydrogens is 485 g/mol. The molecule has 1 aromatic heterocycles. The zero-order chi connectivity index (χ0) is 23.6. The maximum Gasteiger partial charge on any atom is 0.708 e. The van der Waals surface area contributed by atoms with Gasteiger partial charge in [-0.1, -0.05) is 6.08 Å². The van der Waals surface area contributed by atoms with Gasteiger partial charge >= 0.3 is 29.6 Å². The number of hydrogen-bond acceptors (Lipinski definition) is 12. The van der Waals surface area contributed by atoms with Gasteiger partial charge in [-0.25, -0.2) is 13.9 Å². The van der Waals surface area contributed by atoms with Crippen molar-refractivity contribution in [1.29, 1.82) is 0 Å². The van der Waals surface area contributed by atoms with Crippen LogP contribution in [0.5, 0.6) is 0 Å². The summed E-state index contributed by atoms with van der Waals surface area (Å²) in [6.07, 6.45) is -0.0834. The Hall–Kier alpha value is -1.38. The number of rotatable bonds is 10. The summed E-state index contributed by atoms with van der Waals surface area (Å²) in [5.41, 5.74) is 8.54. The molecule has 1 fully saturated rings. The SMILES string of the molecule is C=C[C@H]1[C@H](n2ccc(N)nc2=O)O[C@](CN)(CO[P+](=O)OP(=O)(O)OP(=O)(O)O)[C@H]1O. The van der Waals surface area contributed by atoms with Crippen LogP contribution in [0.1, 0.15) is 6.23 Å². The standard InChI is InChI=1S/C12H19N4O12P3/c1-2-7-9(17)12(5-13,26-10(7)16-4-3-8(14)15-11(16)18)6-25-29(19)27-31(23,24)28-30(20,21)22/h2-4,7,9-10,17H,1,5-6,13H2,(H4-,14,15,18,20,21,22,23,24)/p+1/t7-,9+,10-,12-/m1/s1. The van der Waals surface area contributed by atoms with E-state index in [1.54, 1.807) is 0 Å². The van der Waals surface area contributed by atoms with E-state index >= 15 is 0 Å². The third-order valence-corrected chi connectivity index (χ3v) is 7.50. The Morgan fingerprint density at radius 1 is 1.42 bits per heavy atom. The fourth-order valence-electron chi connectivity index (χ4n) is 2.77. The highest BCUT2D eigenvalue weighted by atomic mass is 31.3. The monoisotopic (exact) mass is 505 g/mol. The van der Waals surface area contributed by atoms with Crippen molar-refractivity contribution in [3.63, 3.8) is 0 Å². The van der Waals surface area contributed by atoms with Crippen LogP contribution in [0, 0.1) is 5.92 Å². The van der Waals surface area contributed by atoms with Crippen LogP contribution in [0.3, 0.4) is 0 Å². The number of hydrogen-bond donors (Lipinski definition) is 6. The van der Waals surface area contributed by atoms with Gasteiger partial charge in [0.25, 0.3) is 0 Å². The zero-order valence-electron chi connectivity index (χ0n) is 15.5. The van der Waals surface area contributed by atoms with E-state index < -0.39 is 66.6 Å². The van der Waals surface area contributed by atoms with Crippen LogP contribution in [-0.4, -0.2) is 54.2 Å². The van der Waals surface area contributed by atoms with Gasteiger partial charge in [0, 0.05) is 17.3 Å². The van der Waals surface area contributed by atoms with Gasteiger partial charge in [0.1, 0.15) is 24.3 Å². The molecule has 31 heavy (non-hydrogen) atoms. The molecule has 2 unspecified atom stereocenters. The molecule has 2 heterocycles. The minimum Gasteiger partial charge on any atom is -0.389 e.